The van der Waals surface area contributed by atoms with Crippen LogP contribution in [0.2, 0.25) is 10.0 Å². The molecular formula is C25H21Cl2NO4. The van der Waals surface area contributed by atoms with Gasteiger partial charge < -0.3 is 14.7 Å². The van der Waals surface area contributed by atoms with E-state index < -0.39 is 12.0 Å². The third-order valence-corrected chi connectivity index (χ3v) is 6.19. The Kier molecular flexibility index (Phi) is 6.68. The van der Waals surface area contributed by atoms with E-state index in [0.29, 0.717) is 40.8 Å². The van der Waals surface area contributed by atoms with Crippen molar-refractivity contribution in [3.8, 4) is 5.75 Å². The molecule has 2 atom stereocenters. The number of carbonyl (C=O) groups excluding carboxylic acids is 1. The average Bonchev–Trinajstić information content (AvgIpc) is 3.24. The molecule has 0 aromatic heterocycles. The summed E-state index contributed by atoms with van der Waals surface area (Å²) in [7, 11) is 0. The van der Waals surface area contributed by atoms with Gasteiger partial charge in [-0.15, -0.1) is 0 Å². The van der Waals surface area contributed by atoms with Crippen molar-refractivity contribution in [2.45, 2.75) is 31.5 Å². The van der Waals surface area contributed by atoms with Crippen LogP contribution in [-0.2, 0) is 11.4 Å². The number of carbonyl (C=O) groups is 2. The highest BCUT2D eigenvalue weighted by atomic mass is 35.5. The Bertz CT molecular complexity index is 1120. The van der Waals surface area contributed by atoms with Gasteiger partial charge in [-0.05, 0) is 66.4 Å². The maximum Gasteiger partial charge on any atom is 0.326 e. The largest absolute Gasteiger partial charge is 0.489 e. The standard InChI is InChI=1S/C25H21Cl2NO4/c26-18-9-11-19(12-10-18)32-15-16-5-7-17(8-6-16)24(29)28-22(13-14-23(28)25(30)31)20-3-1-2-4-21(20)27/h1-12,22-23H,13-15H2,(H,30,31)/t22?,23-/m0/s1. The summed E-state index contributed by atoms with van der Waals surface area (Å²) in [5, 5.41) is 10.9. The number of hydrogen-bond donors (Lipinski definition) is 1. The Balaban J connectivity index is 1.52. The molecule has 0 radical (unpaired) electrons. The highest BCUT2D eigenvalue weighted by Gasteiger charge is 2.42. The van der Waals surface area contributed by atoms with Crippen molar-refractivity contribution in [2.24, 2.45) is 0 Å². The lowest BCUT2D eigenvalue weighted by Gasteiger charge is -2.29. The number of likely N-dealkylation sites (tertiary alicyclic amines) is 1. The zero-order valence-electron chi connectivity index (χ0n) is 17.1. The van der Waals surface area contributed by atoms with Crippen molar-refractivity contribution < 1.29 is 19.4 Å². The van der Waals surface area contributed by atoms with Gasteiger partial charge >= 0.3 is 5.97 Å². The molecule has 3 aromatic carbocycles. The van der Waals surface area contributed by atoms with Crippen molar-refractivity contribution in [3.05, 3.63) is 99.5 Å². The summed E-state index contributed by atoms with van der Waals surface area (Å²) < 4.78 is 5.74. The van der Waals surface area contributed by atoms with Crippen molar-refractivity contribution in [2.75, 3.05) is 0 Å². The second-order valence-corrected chi connectivity index (χ2v) is 8.46. The fourth-order valence-electron chi connectivity index (χ4n) is 3.98. The summed E-state index contributed by atoms with van der Waals surface area (Å²) in [5.41, 5.74) is 2.07. The van der Waals surface area contributed by atoms with E-state index in [1.165, 1.54) is 4.90 Å². The minimum absolute atomic E-state index is 0.329. The molecular weight excluding hydrogens is 449 g/mol. The van der Waals surface area contributed by atoms with E-state index in [1.54, 1.807) is 54.6 Å². The molecule has 7 heteroatoms. The SMILES string of the molecule is O=C(O)[C@@H]1CCC(c2ccccc2Cl)N1C(=O)c1ccc(COc2ccc(Cl)cc2)cc1. The Morgan fingerprint density at radius 1 is 0.938 bits per heavy atom. The summed E-state index contributed by atoms with van der Waals surface area (Å²) in [5.74, 6) is -0.649. The lowest BCUT2D eigenvalue weighted by molar-refractivity contribution is -0.141. The van der Waals surface area contributed by atoms with E-state index in [-0.39, 0.29) is 11.9 Å². The summed E-state index contributed by atoms with van der Waals surface area (Å²) in [4.78, 5) is 26.7. The second kappa shape index (κ2) is 9.63. The molecule has 1 heterocycles. The number of nitrogens with zero attached hydrogens (tertiary/aromatic N) is 1. The van der Waals surface area contributed by atoms with Gasteiger partial charge in [0.25, 0.3) is 5.91 Å². The highest BCUT2D eigenvalue weighted by molar-refractivity contribution is 6.31. The van der Waals surface area contributed by atoms with Crippen LogP contribution in [-0.4, -0.2) is 27.9 Å². The fourth-order valence-corrected chi connectivity index (χ4v) is 4.37. The predicted octanol–water partition coefficient (Wildman–Crippen LogP) is 6.00. The monoisotopic (exact) mass is 469 g/mol. The van der Waals surface area contributed by atoms with Crippen LogP contribution in [0.1, 0.15) is 40.4 Å². The fraction of sp³-hybridized carbons (Fsp3) is 0.200. The molecule has 1 aliphatic rings. The maximum absolute atomic E-state index is 13.4. The van der Waals surface area contributed by atoms with Crippen LogP contribution in [0.4, 0.5) is 0 Å². The van der Waals surface area contributed by atoms with Gasteiger partial charge in [0.15, 0.2) is 0 Å². The van der Waals surface area contributed by atoms with Gasteiger partial charge in [0.2, 0.25) is 0 Å². The molecule has 0 spiro atoms. The van der Waals surface area contributed by atoms with Crippen molar-refractivity contribution in [1.82, 2.24) is 4.90 Å². The van der Waals surface area contributed by atoms with Gasteiger partial charge in [0.1, 0.15) is 18.4 Å². The topological polar surface area (TPSA) is 66.8 Å². The number of amides is 1. The third kappa shape index (κ3) is 4.74. The summed E-state index contributed by atoms with van der Waals surface area (Å²) in [6, 6.07) is 20.1. The first-order chi connectivity index (χ1) is 15.4. The van der Waals surface area contributed by atoms with E-state index in [1.807, 2.05) is 18.2 Å². The number of carboxylic acids is 1. The van der Waals surface area contributed by atoms with E-state index in [4.69, 9.17) is 27.9 Å². The quantitative estimate of drug-likeness (QED) is 0.480. The van der Waals surface area contributed by atoms with Crippen LogP contribution in [0.15, 0.2) is 72.8 Å². The van der Waals surface area contributed by atoms with Crippen molar-refractivity contribution >= 4 is 35.1 Å². The summed E-state index contributed by atoms with van der Waals surface area (Å²) >= 11 is 12.2. The van der Waals surface area contributed by atoms with Gasteiger partial charge in [0, 0.05) is 15.6 Å². The zero-order valence-corrected chi connectivity index (χ0v) is 18.6. The first kappa shape index (κ1) is 22.2. The number of ether oxygens (including phenoxy) is 1. The van der Waals surface area contributed by atoms with E-state index in [9.17, 15) is 14.7 Å². The molecule has 4 rings (SSSR count). The van der Waals surface area contributed by atoms with Gasteiger partial charge in [0.05, 0.1) is 6.04 Å². The van der Waals surface area contributed by atoms with Gasteiger partial charge in [-0.1, -0.05) is 53.5 Å². The van der Waals surface area contributed by atoms with Crippen LogP contribution in [0.5, 0.6) is 5.75 Å². The molecule has 0 bridgehead atoms. The van der Waals surface area contributed by atoms with Crippen molar-refractivity contribution in [3.63, 3.8) is 0 Å². The van der Waals surface area contributed by atoms with Crippen LogP contribution < -0.4 is 4.74 Å². The Morgan fingerprint density at radius 3 is 2.28 bits per heavy atom. The van der Waals surface area contributed by atoms with Gasteiger partial charge in [-0.3, -0.25) is 4.79 Å². The second-order valence-electron chi connectivity index (χ2n) is 7.62. The van der Waals surface area contributed by atoms with Crippen LogP contribution >= 0.6 is 23.2 Å². The highest BCUT2D eigenvalue weighted by Crippen LogP contribution is 2.40. The maximum atomic E-state index is 13.4. The smallest absolute Gasteiger partial charge is 0.326 e. The molecule has 1 N–H and O–H groups in total. The number of carboxylic acid groups (broad SMARTS) is 1. The zero-order chi connectivity index (χ0) is 22.7. The lowest BCUT2D eigenvalue weighted by atomic mass is 10.0. The Labute approximate surface area is 196 Å². The molecule has 1 amide bonds. The molecule has 1 aliphatic heterocycles. The minimum atomic E-state index is -1.01. The lowest BCUT2D eigenvalue weighted by Crippen LogP contribution is -2.41. The van der Waals surface area contributed by atoms with E-state index in [2.05, 4.69) is 0 Å². The van der Waals surface area contributed by atoms with E-state index >= 15 is 0 Å². The number of benzene rings is 3. The average molecular weight is 470 g/mol. The normalized spacial score (nSPS) is 17.9. The minimum Gasteiger partial charge on any atom is -0.489 e. The Morgan fingerprint density at radius 2 is 1.62 bits per heavy atom. The molecule has 5 nitrogen and oxygen atoms in total. The van der Waals surface area contributed by atoms with Crippen LogP contribution in [0.25, 0.3) is 0 Å². The first-order valence-corrected chi connectivity index (χ1v) is 11.0. The van der Waals surface area contributed by atoms with Crippen LogP contribution in [0.3, 0.4) is 0 Å². The molecule has 1 unspecified atom stereocenters. The third-order valence-electron chi connectivity index (χ3n) is 5.59. The molecule has 1 fully saturated rings. The molecule has 164 valence electrons. The summed E-state index contributed by atoms with van der Waals surface area (Å²) in [6.45, 7) is 0.333. The van der Waals surface area contributed by atoms with E-state index in [0.717, 1.165) is 11.1 Å². The molecule has 0 aliphatic carbocycles. The molecule has 32 heavy (non-hydrogen) atoms. The van der Waals surface area contributed by atoms with Gasteiger partial charge in [-0.2, -0.15) is 0 Å². The van der Waals surface area contributed by atoms with Crippen molar-refractivity contribution in [1.29, 1.82) is 0 Å². The first-order valence-electron chi connectivity index (χ1n) is 10.2. The predicted molar refractivity (Wildman–Crippen MR) is 123 cm³/mol. The number of hydrogen-bond acceptors (Lipinski definition) is 3. The van der Waals surface area contributed by atoms with Crippen LogP contribution in [0, 0.1) is 0 Å². The molecule has 0 saturated carbocycles. The number of halogens is 2. The Hall–Kier alpha value is -3.02. The molecule has 3 aromatic rings. The number of aliphatic carboxylic acids is 1. The molecule has 1 saturated heterocycles. The summed E-state index contributed by atoms with van der Waals surface area (Å²) in [6.07, 6.45) is 0.920. The number of rotatable bonds is 6. The van der Waals surface area contributed by atoms with Gasteiger partial charge in [-0.25, -0.2) is 4.79 Å².